The van der Waals surface area contributed by atoms with Gasteiger partial charge in [-0.2, -0.15) is 0 Å². The summed E-state index contributed by atoms with van der Waals surface area (Å²) in [4.78, 5) is 13.5. The summed E-state index contributed by atoms with van der Waals surface area (Å²) in [6, 6.07) is 3.22. The standard InChI is InChI=1S/C14H17F2NO2/c1-17(8-9-4-12(18)5-9)14(19)6-10-2-3-11(15)7-13(10)16/h2-3,7,9,12,18H,4-6,8H2,1H3. The van der Waals surface area contributed by atoms with Gasteiger partial charge in [-0.3, -0.25) is 4.79 Å². The Labute approximate surface area is 110 Å². The molecule has 1 amide bonds. The van der Waals surface area contributed by atoms with Gasteiger partial charge in [0.25, 0.3) is 0 Å². The lowest BCUT2D eigenvalue weighted by Crippen LogP contribution is -2.40. The molecule has 3 nitrogen and oxygen atoms in total. The molecule has 0 unspecified atom stereocenters. The molecule has 1 N–H and O–H groups in total. The lowest BCUT2D eigenvalue weighted by molar-refractivity contribution is -0.130. The molecule has 0 spiro atoms. The summed E-state index contributed by atoms with van der Waals surface area (Å²) in [5, 5.41) is 9.18. The van der Waals surface area contributed by atoms with E-state index in [0.717, 1.165) is 12.1 Å². The Morgan fingerprint density at radius 2 is 2.11 bits per heavy atom. The molecule has 104 valence electrons. The molecule has 1 aliphatic carbocycles. The highest BCUT2D eigenvalue weighted by atomic mass is 19.1. The van der Waals surface area contributed by atoms with Gasteiger partial charge < -0.3 is 10.0 Å². The number of halogens is 2. The molecule has 1 aliphatic rings. The minimum atomic E-state index is -0.694. The number of rotatable bonds is 4. The summed E-state index contributed by atoms with van der Waals surface area (Å²) in [6.45, 7) is 0.568. The van der Waals surface area contributed by atoms with E-state index >= 15 is 0 Å². The number of aliphatic hydroxyl groups excluding tert-OH is 1. The molecular formula is C14H17F2NO2. The summed E-state index contributed by atoms with van der Waals surface area (Å²) in [6.07, 6.45) is 1.10. The molecule has 0 saturated heterocycles. The second-order valence-electron chi connectivity index (χ2n) is 5.18. The Balaban J connectivity index is 1.89. The summed E-state index contributed by atoms with van der Waals surface area (Å²) in [5.74, 6) is -1.22. The number of nitrogens with zero attached hydrogens (tertiary/aromatic N) is 1. The smallest absolute Gasteiger partial charge is 0.226 e. The number of aliphatic hydroxyl groups is 1. The predicted octanol–water partition coefficient (Wildman–Crippen LogP) is 1.74. The van der Waals surface area contributed by atoms with Crippen LogP contribution in [0, 0.1) is 17.6 Å². The number of carbonyl (C=O) groups is 1. The van der Waals surface area contributed by atoms with Crippen molar-refractivity contribution in [3.63, 3.8) is 0 Å². The van der Waals surface area contributed by atoms with E-state index in [9.17, 15) is 18.7 Å². The van der Waals surface area contributed by atoms with Crippen molar-refractivity contribution >= 4 is 5.91 Å². The van der Waals surface area contributed by atoms with Gasteiger partial charge in [-0.25, -0.2) is 8.78 Å². The Morgan fingerprint density at radius 1 is 1.42 bits per heavy atom. The zero-order chi connectivity index (χ0) is 14.0. The predicted molar refractivity (Wildman–Crippen MR) is 66.4 cm³/mol. The van der Waals surface area contributed by atoms with Gasteiger partial charge in [-0.05, 0) is 30.4 Å². The van der Waals surface area contributed by atoms with Gasteiger partial charge in [0.1, 0.15) is 11.6 Å². The number of hydrogen-bond donors (Lipinski definition) is 1. The maximum atomic E-state index is 13.4. The van der Waals surface area contributed by atoms with Crippen LogP contribution in [0.3, 0.4) is 0 Å². The highest BCUT2D eigenvalue weighted by molar-refractivity contribution is 5.78. The molecule has 1 fully saturated rings. The third-order valence-corrected chi connectivity index (χ3v) is 3.53. The van der Waals surface area contributed by atoms with Gasteiger partial charge in [0.2, 0.25) is 5.91 Å². The fourth-order valence-electron chi connectivity index (χ4n) is 2.30. The van der Waals surface area contributed by atoms with Crippen molar-refractivity contribution < 1.29 is 18.7 Å². The fourth-order valence-corrected chi connectivity index (χ4v) is 2.30. The first-order valence-electron chi connectivity index (χ1n) is 6.31. The van der Waals surface area contributed by atoms with Crippen molar-refractivity contribution in [3.05, 3.63) is 35.4 Å². The number of benzene rings is 1. The highest BCUT2D eigenvalue weighted by Crippen LogP contribution is 2.27. The number of carbonyl (C=O) groups excluding carboxylic acids is 1. The fraction of sp³-hybridized carbons (Fsp3) is 0.500. The molecule has 0 aliphatic heterocycles. The number of amides is 1. The largest absolute Gasteiger partial charge is 0.393 e. The van der Waals surface area contributed by atoms with Crippen LogP contribution in [0.15, 0.2) is 18.2 Å². The van der Waals surface area contributed by atoms with Crippen LogP contribution in [-0.2, 0) is 11.2 Å². The molecule has 0 heterocycles. The molecule has 1 aromatic carbocycles. The van der Waals surface area contributed by atoms with Crippen LogP contribution in [0.5, 0.6) is 0 Å². The maximum Gasteiger partial charge on any atom is 0.226 e. The SMILES string of the molecule is CN(CC1CC(O)C1)C(=O)Cc1ccc(F)cc1F. The van der Waals surface area contributed by atoms with Crippen LogP contribution in [0.25, 0.3) is 0 Å². The lowest BCUT2D eigenvalue weighted by Gasteiger charge is -2.34. The van der Waals surface area contributed by atoms with E-state index in [1.54, 1.807) is 11.9 Å². The van der Waals surface area contributed by atoms with Crippen LogP contribution in [-0.4, -0.2) is 35.6 Å². The van der Waals surface area contributed by atoms with Gasteiger partial charge in [0, 0.05) is 19.7 Å². The van der Waals surface area contributed by atoms with Gasteiger partial charge in [0.05, 0.1) is 12.5 Å². The summed E-state index contributed by atoms with van der Waals surface area (Å²) in [5.41, 5.74) is 0.201. The van der Waals surface area contributed by atoms with Crippen molar-refractivity contribution in [1.29, 1.82) is 0 Å². The van der Waals surface area contributed by atoms with Gasteiger partial charge >= 0.3 is 0 Å². The second kappa shape index (κ2) is 5.65. The van der Waals surface area contributed by atoms with Crippen LogP contribution >= 0.6 is 0 Å². The Morgan fingerprint density at radius 3 is 2.68 bits per heavy atom. The topological polar surface area (TPSA) is 40.5 Å². The molecule has 5 heteroatoms. The molecule has 2 rings (SSSR count). The average Bonchev–Trinajstić information content (AvgIpc) is 2.30. The minimum absolute atomic E-state index is 0.0715. The van der Waals surface area contributed by atoms with Gasteiger partial charge in [-0.1, -0.05) is 6.07 Å². The van der Waals surface area contributed by atoms with Crippen molar-refractivity contribution in [1.82, 2.24) is 4.90 Å². The van der Waals surface area contributed by atoms with Crippen molar-refractivity contribution in [3.8, 4) is 0 Å². The average molecular weight is 269 g/mol. The van der Waals surface area contributed by atoms with Crippen molar-refractivity contribution in [2.75, 3.05) is 13.6 Å². The number of hydrogen-bond acceptors (Lipinski definition) is 2. The third-order valence-electron chi connectivity index (χ3n) is 3.53. The van der Waals surface area contributed by atoms with Crippen LogP contribution in [0.4, 0.5) is 8.78 Å². The molecular weight excluding hydrogens is 252 g/mol. The quantitative estimate of drug-likeness (QED) is 0.904. The van der Waals surface area contributed by atoms with E-state index in [1.807, 2.05) is 0 Å². The van der Waals surface area contributed by atoms with E-state index in [1.165, 1.54) is 6.07 Å². The van der Waals surface area contributed by atoms with E-state index in [0.29, 0.717) is 25.3 Å². The molecule has 0 radical (unpaired) electrons. The number of likely N-dealkylation sites (N-methyl/N-ethyl adjacent to an activating group) is 1. The normalized spacial score (nSPS) is 21.9. The monoisotopic (exact) mass is 269 g/mol. The summed E-state index contributed by atoms with van der Waals surface area (Å²) in [7, 11) is 1.66. The molecule has 1 saturated carbocycles. The highest BCUT2D eigenvalue weighted by Gasteiger charge is 2.29. The summed E-state index contributed by atoms with van der Waals surface area (Å²) < 4.78 is 26.2. The molecule has 19 heavy (non-hydrogen) atoms. The van der Waals surface area contributed by atoms with Crippen molar-refractivity contribution in [2.24, 2.45) is 5.92 Å². The molecule has 0 aromatic heterocycles. The Kier molecular flexibility index (Phi) is 4.14. The molecule has 0 atom stereocenters. The first kappa shape index (κ1) is 13.9. The van der Waals surface area contributed by atoms with Crippen molar-refractivity contribution in [2.45, 2.75) is 25.4 Å². The summed E-state index contributed by atoms with van der Waals surface area (Å²) >= 11 is 0. The van der Waals surface area contributed by atoms with E-state index < -0.39 is 11.6 Å². The van der Waals surface area contributed by atoms with Gasteiger partial charge in [-0.15, -0.1) is 0 Å². The van der Waals surface area contributed by atoms with E-state index in [-0.39, 0.29) is 24.0 Å². The maximum absolute atomic E-state index is 13.4. The Hall–Kier alpha value is -1.49. The van der Waals surface area contributed by atoms with E-state index in [4.69, 9.17) is 0 Å². The molecule has 1 aromatic rings. The first-order valence-corrected chi connectivity index (χ1v) is 6.31. The van der Waals surface area contributed by atoms with E-state index in [2.05, 4.69) is 0 Å². The lowest BCUT2D eigenvalue weighted by atomic mass is 9.82. The second-order valence-corrected chi connectivity index (χ2v) is 5.18. The zero-order valence-electron chi connectivity index (χ0n) is 10.8. The molecule has 0 bridgehead atoms. The van der Waals surface area contributed by atoms with Gasteiger partial charge in [0.15, 0.2) is 0 Å². The van der Waals surface area contributed by atoms with Crippen LogP contribution in [0.2, 0.25) is 0 Å². The van der Waals surface area contributed by atoms with Crippen LogP contribution in [0.1, 0.15) is 18.4 Å². The Bertz CT molecular complexity index is 473. The third kappa shape index (κ3) is 3.50. The minimum Gasteiger partial charge on any atom is -0.393 e. The zero-order valence-corrected chi connectivity index (χ0v) is 10.8. The van der Waals surface area contributed by atoms with Crippen LogP contribution < -0.4 is 0 Å². The first-order chi connectivity index (χ1) is 8.95.